The molecule has 0 unspecified atom stereocenters. The summed E-state index contributed by atoms with van der Waals surface area (Å²) in [5.41, 5.74) is 0.279. The molecule has 0 aliphatic rings. The highest BCUT2D eigenvalue weighted by Crippen LogP contribution is 2.15. The predicted molar refractivity (Wildman–Crippen MR) is 71.8 cm³/mol. The number of nitrogens with zero attached hydrogens (tertiary/aromatic N) is 4. The van der Waals surface area contributed by atoms with Gasteiger partial charge >= 0.3 is 12.2 Å². The zero-order chi connectivity index (χ0) is 15.4. The number of hydrogen-bond acceptors (Lipinski definition) is 4. The van der Waals surface area contributed by atoms with Gasteiger partial charge in [0.25, 0.3) is 0 Å². The average molecular weight is 296 g/mol. The van der Waals surface area contributed by atoms with Gasteiger partial charge in [-0.25, -0.2) is 4.79 Å². The summed E-state index contributed by atoms with van der Waals surface area (Å²) in [7, 11) is 0. The van der Waals surface area contributed by atoms with E-state index >= 15 is 0 Å². The van der Waals surface area contributed by atoms with E-state index in [1.165, 1.54) is 12.1 Å². The number of benzene rings is 1. The summed E-state index contributed by atoms with van der Waals surface area (Å²) in [5.74, 6) is 0.586. The van der Waals surface area contributed by atoms with Crippen molar-refractivity contribution in [3.8, 4) is 11.4 Å². The fraction of sp³-hybridized carbons (Fsp3) is 0.308. The molecule has 0 spiro atoms. The maximum absolute atomic E-state index is 12.4. The Hall–Kier alpha value is -2.51. The predicted octanol–water partition coefficient (Wildman–Crippen LogP) is 2.17. The van der Waals surface area contributed by atoms with E-state index in [-0.39, 0.29) is 4.68 Å². The Morgan fingerprint density at radius 2 is 2.00 bits per heavy atom. The molecular formula is C13H14F2N4O2. The minimum absolute atomic E-state index is 0.00957. The molecule has 0 saturated heterocycles. The minimum atomic E-state index is -3.02. The molecule has 0 N–H and O–H groups in total. The molecule has 112 valence electrons. The Bertz CT molecular complexity index is 676. The van der Waals surface area contributed by atoms with Gasteiger partial charge in [-0.15, -0.1) is 4.68 Å². The van der Waals surface area contributed by atoms with Gasteiger partial charge in [-0.3, -0.25) is 0 Å². The van der Waals surface area contributed by atoms with Crippen molar-refractivity contribution in [2.75, 3.05) is 6.61 Å². The van der Waals surface area contributed by atoms with Gasteiger partial charge in [0.05, 0.1) is 5.69 Å². The standard InChI is InChI=1S/C13H14F2N4O2/c1-3-9(2)8-21-11-6-4-10(5-7-11)18-13(20)19(12(14)15)17-16-18/h4-7,12H,2-3,8H2,1H3. The lowest BCUT2D eigenvalue weighted by Crippen LogP contribution is -2.24. The molecule has 0 aliphatic heterocycles. The van der Waals surface area contributed by atoms with Crippen LogP contribution in [0, 0.1) is 0 Å². The van der Waals surface area contributed by atoms with Gasteiger partial charge in [0.1, 0.15) is 12.4 Å². The van der Waals surface area contributed by atoms with E-state index in [1.807, 2.05) is 6.92 Å². The fourth-order valence-corrected chi connectivity index (χ4v) is 1.51. The van der Waals surface area contributed by atoms with Crippen LogP contribution >= 0.6 is 0 Å². The number of ether oxygens (including phenoxy) is 1. The number of tetrazole rings is 1. The van der Waals surface area contributed by atoms with Crippen molar-refractivity contribution in [1.82, 2.24) is 19.8 Å². The van der Waals surface area contributed by atoms with Crippen LogP contribution < -0.4 is 10.4 Å². The van der Waals surface area contributed by atoms with Gasteiger partial charge in [0, 0.05) is 0 Å². The van der Waals surface area contributed by atoms with Crippen LogP contribution in [-0.2, 0) is 0 Å². The molecule has 2 rings (SSSR count). The third-order valence-electron chi connectivity index (χ3n) is 2.81. The van der Waals surface area contributed by atoms with Crippen molar-refractivity contribution >= 4 is 0 Å². The van der Waals surface area contributed by atoms with Gasteiger partial charge in [0.15, 0.2) is 0 Å². The Kier molecular flexibility index (Phi) is 4.46. The van der Waals surface area contributed by atoms with Gasteiger partial charge in [-0.2, -0.15) is 13.5 Å². The van der Waals surface area contributed by atoms with Crippen molar-refractivity contribution in [2.45, 2.75) is 19.9 Å². The van der Waals surface area contributed by atoms with Gasteiger partial charge in [0.2, 0.25) is 0 Å². The minimum Gasteiger partial charge on any atom is -0.489 e. The van der Waals surface area contributed by atoms with E-state index in [1.54, 1.807) is 12.1 Å². The second-order valence-corrected chi connectivity index (χ2v) is 4.28. The van der Waals surface area contributed by atoms with Crippen LogP contribution in [0.3, 0.4) is 0 Å². The molecule has 0 fully saturated rings. The van der Waals surface area contributed by atoms with Crippen molar-refractivity contribution in [3.05, 3.63) is 46.9 Å². The third-order valence-corrected chi connectivity index (χ3v) is 2.81. The van der Waals surface area contributed by atoms with Crippen molar-refractivity contribution in [3.63, 3.8) is 0 Å². The van der Waals surface area contributed by atoms with Gasteiger partial charge in [-0.1, -0.05) is 13.5 Å². The second kappa shape index (κ2) is 6.29. The van der Waals surface area contributed by atoms with Gasteiger partial charge in [-0.05, 0) is 46.7 Å². The zero-order valence-corrected chi connectivity index (χ0v) is 11.4. The van der Waals surface area contributed by atoms with E-state index < -0.39 is 12.2 Å². The summed E-state index contributed by atoms with van der Waals surface area (Å²) in [6, 6.07) is 6.31. The van der Waals surface area contributed by atoms with Crippen LogP contribution in [0.5, 0.6) is 5.75 Å². The molecule has 0 atom stereocenters. The monoisotopic (exact) mass is 296 g/mol. The second-order valence-electron chi connectivity index (χ2n) is 4.28. The summed E-state index contributed by atoms with van der Waals surface area (Å²) in [6.45, 7) is 3.18. The van der Waals surface area contributed by atoms with Crippen LogP contribution in [0.4, 0.5) is 8.78 Å². The normalized spacial score (nSPS) is 10.9. The fourth-order valence-electron chi connectivity index (χ4n) is 1.51. The molecule has 1 aromatic heterocycles. The first kappa shape index (κ1) is 14.9. The Morgan fingerprint density at radius 1 is 1.33 bits per heavy atom. The average Bonchev–Trinajstić information content (AvgIpc) is 2.87. The van der Waals surface area contributed by atoms with Crippen molar-refractivity contribution < 1.29 is 13.5 Å². The van der Waals surface area contributed by atoms with Gasteiger partial charge < -0.3 is 4.74 Å². The van der Waals surface area contributed by atoms with E-state index in [4.69, 9.17) is 4.74 Å². The quantitative estimate of drug-likeness (QED) is 0.766. The number of aromatic nitrogens is 4. The highest BCUT2D eigenvalue weighted by atomic mass is 19.3. The molecule has 2 aromatic rings. The molecule has 0 bridgehead atoms. The summed E-state index contributed by atoms with van der Waals surface area (Å²) in [4.78, 5) is 11.6. The first-order valence-corrected chi connectivity index (χ1v) is 6.25. The molecule has 0 aliphatic carbocycles. The van der Waals surface area contributed by atoms with Crippen molar-refractivity contribution in [1.29, 1.82) is 0 Å². The number of alkyl halides is 2. The number of halogens is 2. The van der Waals surface area contributed by atoms with Crippen LogP contribution in [-0.4, -0.2) is 26.4 Å². The summed E-state index contributed by atoms with van der Waals surface area (Å²) in [6.07, 6.45) is 0.824. The maximum atomic E-state index is 12.4. The Balaban J connectivity index is 2.16. The highest BCUT2D eigenvalue weighted by molar-refractivity contribution is 5.36. The maximum Gasteiger partial charge on any atom is 0.373 e. The molecular weight excluding hydrogens is 282 g/mol. The van der Waals surface area contributed by atoms with E-state index in [2.05, 4.69) is 17.0 Å². The Labute approximate surface area is 119 Å². The molecule has 6 nitrogen and oxygen atoms in total. The SMILES string of the molecule is C=C(CC)COc1ccc(-n2nnn(C(F)F)c2=O)cc1. The van der Waals surface area contributed by atoms with Crippen LogP contribution in [0.2, 0.25) is 0 Å². The molecule has 0 radical (unpaired) electrons. The largest absolute Gasteiger partial charge is 0.489 e. The lowest BCUT2D eigenvalue weighted by Gasteiger charge is -2.07. The lowest BCUT2D eigenvalue weighted by atomic mass is 10.2. The lowest BCUT2D eigenvalue weighted by molar-refractivity contribution is 0.0508. The first-order valence-electron chi connectivity index (χ1n) is 6.25. The summed E-state index contributed by atoms with van der Waals surface area (Å²) < 4.78 is 31.2. The molecule has 1 heterocycles. The Morgan fingerprint density at radius 3 is 2.52 bits per heavy atom. The molecule has 8 heteroatoms. The molecule has 1 aromatic carbocycles. The summed E-state index contributed by atoms with van der Waals surface area (Å²) in [5, 5.41) is 6.52. The van der Waals surface area contributed by atoms with Crippen LogP contribution in [0.15, 0.2) is 41.2 Å². The van der Waals surface area contributed by atoms with Crippen LogP contribution in [0.1, 0.15) is 19.9 Å². The number of rotatable bonds is 6. The molecule has 0 amide bonds. The van der Waals surface area contributed by atoms with E-state index in [9.17, 15) is 13.6 Å². The van der Waals surface area contributed by atoms with Crippen LogP contribution in [0.25, 0.3) is 5.69 Å². The smallest absolute Gasteiger partial charge is 0.373 e. The molecule has 21 heavy (non-hydrogen) atoms. The molecule has 0 saturated carbocycles. The van der Waals surface area contributed by atoms with E-state index in [0.717, 1.165) is 16.7 Å². The first-order chi connectivity index (χ1) is 10.0. The third kappa shape index (κ3) is 3.33. The topological polar surface area (TPSA) is 61.9 Å². The summed E-state index contributed by atoms with van der Waals surface area (Å²) >= 11 is 0. The number of hydrogen-bond donors (Lipinski definition) is 0. The van der Waals surface area contributed by atoms with Crippen molar-refractivity contribution in [2.24, 2.45) is 0 Å². The zero-order valence-electron chi connectivity index (χ0n) is 11.4. The highest BCUT2D eigenvalue weighted by Gasteiger charge is 2.15. The van der Waals surface area contributed by atoms with E-state index in [0.29, 0.717) is 18.0 Å².